The van der Waals surface area contributed by atoms with Gasteiger partial charge in [-0.1, -0.05) is 18.2 Å². The number of carbonyl (C=O) groups excluding carboxylic acids is 2. The first-order valence-corrected chi connectivity index (χ1v) is 11.2. The minimum absolute atomic E-state index is 0.0314. The average molecular weight is 438 g/mol. The van der Waals surface area contributed by atoms with Gasteiger partial charge in [0.25, 0.3) is 0 Å². The van der Waals surface area contributed by atoms with E-state index in [2.05, 4.69) is 16.3 Å². The highest BCUT2D eigenvalue weighted by Gasteiger charge is 2.36. The zero-order valence-corrected chi connectivity index (χ0v) is 18.8. The highest BCUT2D eigenvalue weighted by molar-refractivity contribution is 6.00. The molecule has 2 amide bonds. The standard InChI is InChI=1S/C25H31N3O4/c1-31-20-11-9-19(10-12-20)28-17-18(15-24(28)29)25(30)26-16-22(27-13-5-6-14-27)21-7-3-4-8-23(21)32-2/h3-4,7-12,18,22H,5-6,13-17H2,1-2H3,(H,26,30). The molecule has 1 N–H and O–H groups in total. The number of benzene rings is 2. The normalized spacial score (nSPS) is 19.8. The molecule has 0 spiro atoms. The van der Waals surface area contributed by atoms with Crippen molar-refractivity contribution < 1.29 is 19.1 Å². The van der Waals surface area contributed by atoms with Gasteiger partial charge >= 0.3 is 0 Å². The zero-order chi connectivity index (χ0) is 22.5. The van der Waals surface area contributed by atoms with E-state index in [9.17, 15) is 9.59 Å². The minimum atomic E-state index is -0.360. The number of methoxy groups -OCH3 is 2. The summed E-state index contributed by atoms with van der Waals surface area (Å²) in [5, 5.41) is 3.13. The lowest BCUT2D eigenvalue weighted by Gasteiger charge is -2.29. The highest BCUT2D eigenvalue weighted by Crippen LogP contribution is 2.32. The Kier molecular flexibility index (Phi) is 6.95. The van der Waals surface area contributed by atoms with E-state index >= 15 is 0 Å². The third kappa shape index (κ3) is 4.72. The second kappa shape index (κ2) is 10.0. The quantitative estimate of drug-likeness (QED) is 0.688. The second-order valence-corrected chi connectivity index (χ2v) is 8.35. The molecule has 2 aliphatic rings. The third-order valence-corrected chi connectivity index (χ3v) is 6.43. The average Bonchev–Trinajstić information content (AvgIpc) is 3.50. The number of ether oxygens (including phenoxy) is 2. The number of carbonyl (C=O) groups is 2. The molecule has 32 heavy (non-hydrogen) atoms. The predicted molar refractivity (Wildman–Crippen MR) is 123 cm³/mol. The molecule has 2 atom stereocenters. The van der Waals surface area contributed by atoms with Gasteiger partial charge in [0.1, 0.15) is 11.5 Å². The van der Waals surface area contributed by atoms with Crippen molar-refractivity contribution in [3.8, 4) is 11.5 Å². The summed E-state index contributed by atoms with van der Waals surface area (Å²) in [6, 6.07) is 15.4. The zero-order valence-electron chi connectivity index (χ0n) is 18.8. The smallest absolute Gasteiger partial charge is 0.227 e. The molecule has 2 aliphatic heterocycles. The third-order valence-electron chi connectivity index (χ3n) is 6.43. The van der Waals surface area contributed by atoms with Crippen molar-refractivity contribution >= 4 is 17.5 Å². The van der Waals surface area contributed by atoms with E-state index < -0.39 is 0 Å². The molecule has 0 bridgehead atoms. The van der Waals surface area contributed by atoms with Crippen LogP contribution < -0.4 is 19.7 Å². The van der Waals surface area contributed by atoms with Crippen LogP contribution in [0.4, 0.5) is 5.69 Å². The van der Waals surface area contributed by atoms with Gasteiger partial charge in [-0.05, 0) is 56.3 Å². The Hall–Kier alpha value is -3.06. The van der Waals surface area contributed by atoms with Crippen LogP contribution in [0.3, 0.4) is 0 Å². The Morgan fingerprint density at radius 2 is 1.78 bits per heavy atom. The molecular weight excluding hydrogens is 406 g/mol. The lowest BCUT2D eigenvalue weighted by Crippen LogP contribution is -2.40. The van der Waals surface area contributed by atoms with E-state index in [1.807, 2.05) is 42.5 Å². The first-order chi connectivity index (χ1) is 15.6. The number of nitrogens with zero attached hydrogens (tertiary/aromatic N) is 2. The van der Waals surface area contributed by atoms with E-state index in [-0.39, 0.29) is 30.2 Å². The van der Waals surface area contributed by atoms with E-state index in [4.69, 9.17) is 9.47 Å². The molecule has 2 saturated heterocycles. The molecule has 2 aromatic rings. The number of hydrogen-bond acceptors (Lipinski definition) is 5. The number of rotatable bonds is 8. The van der Waals surface area contributed by atoms with Gasteiger partial charge in [0.05, 0.1) is 26.2 Å². The predicted octanol–water partition coefficient (Wildman–Crippen LogP) is 3.01. The molecule has 2 heterocycles. The molecule has 4 rings (SSSR count). The summed E-state index contributed by atoms with van der Waals surface area (Å²) in [4.78, 5) is 29.7. The molecule has 7 nitrogen and oxygen atoms in total. The van der Waals surface area contributed by atoms with Gasteiger partial charge in [-0.2, -0.15) is 0 Å². The Bertz CT molecular complexity index is 940. The number of para-hydroxylation sites is 1. The fourth-order valence-electron chi connectivity index (χ4n) is 4.67. The molecular formula is C25H31N3O4. The fourth-order valence-corrected chi connectivity index (χ4v) is 4.67. The van der Waals surface area contributed by atoms with Crippen LogP contribution in [0.5, 0.6) is 11.5 Å². The highest BCUT2D eigenvalue weighted by atomic mass is 16.5. The maximum atomic E-state index is 13.0. The number of nitrogens with one attached hydrogen (secondary N) is 1. The summed E-state index contributed by atoms with van der Waals surface area (Å²) >= 11 is 0. The largest absolute Gasteiger partial charge is 0.497 e. The monoisotopic (exact) mass is 437 g/mol. The van der Waals surface area contributed by atoms with Gasteiger partial charge < -0.3 is 19.7 Å². The van der Waals surface area contributed by atoms with Gasteiger partial charge in [0, 0.05) is 30.8 Å². The molecule has 2 fully saturated rings. The van der Waals surface area contributed by atoms with E-state index in [1.165, 1.54) is 0 Å². The van der Waals surface area contributed by atoms with Gasteiger partial charge in [-0.3, -0.25) is 14.5 Å². The number of amides is 2. The maximum Gasteiger partial charge on any atom is 0.227 e. The Balaban J connectivity index is 1.42. The first kappa shape index (κ1) is 22.1. The maximum absolute atomic E-state index is 13.0. The summed E-state index contributed by atoms with van der Waals surface area (Å²) in [6.45, 7) is 2.89. The van der Waals surface area contributed by atoms with E-state index in [0.29, 0.717) is 13.1 Å². The lowest BCUT2D eigenvalue weighted by atomic mass is 10.0. The molecule has 0 radical (unpaired) electrons. The Morgan fingerprint density at radius 3 is 2.47 bits per heavy atom. The summed E-state index contributed by atoms with van der Waals surface area (Å²) < 4.78 is 10.8. The van der Waals surface area contributed by atoms with Gasteiger partial charge in [-0.15, -0.1) is 0 Å². The van der Waals surface area contributed by atoms with Crippen molar-refractivity contribution in [3.05, 3.63) is 54.1 Å². The van der Waals surface area contributed by atoms with Gasteiger partial charge in [0.15, 0.2) is 0 Å². The van der Waals surface area contributed by atoms with Crippen molar-refractivity contribution in [2.75, 3.05) is 45.3 Å². The van der Waals surface area contributed by atoms with Crippen LogP contribution in [-0.4, -0.2) is 57.1 Å². The van der Waals surface area contributed by atoms with Crippen molar-refractivity contribution in [1.82, 2.24) is 10.2 Å². The fraction of sp³-hybridized carbons (Fsp3) is 0.440. The summed E-state index contributed by atoms with van der Waals surface area (Å²) in [7, 11) is 3.28. The molecule has 2 unspecified atom stereocenters. The molecule has 0 aromatic heterocycles. The molecule has 170 valence electrons. The van der Waals surface area contributed by atoms with Crippen LogP contribution >= 0.6 is 0 Å². The second-order valence-electron chi connectivity index (χ2n) is 8.35. The first-order valence-electron chi connectivity index (χ1n) is 11.2. The Labute approximate surface area is 189 Å². The number of anilines is 1. The molecule has 0 aliphatic carbocycles. The van der Waals surface area contributed by atoms with Crippen molar-refractivity contribution in [3.63, 3.8) is 0 Å². The van der Waals surface area contributed by atoms with Crippen LogP contribution in [0.25, 0.3) is 0 Å². The van der Waals surface area contributed by atoms with Crippen LogP contribution in [0.2, 0.25) is 0 Å². The van der Waals surface area contributed by atoms with Gasteiger partial charge in [-0.25, -0.2) is 0 Å². The van der Waals surface area contributed by atoms with Crippen LogP contribution in [-0.2, 0) is 9.59 Å². The van der Waals surface area contributed by atoms with E-state index in [1.54, 1.807) is 19.1 Å². The van der Waals surface area contributed by atoms with Crippen LogP contribution in [0, 0.1) is 5.92 Å². The molecule has 7 heteroatoms. The topological polar surface area (TPSA) is 71.1 Å². The van der Waals surface area contributed by atoms with Gasteiger partial charge in [0.2, 0.25) is 11.8 Å². The number of likely N-dealkylation sites (tertiary alicyclic amines) is 1. The van der Waals surface area contributed by atoms with Crippen molar-refractivity contribution in [2.45, 2.75) is 25.3 Å². The van der Waals surface area contributed by atoms with E-state index in [0.717, 1.165) is 48.7 Å². The number of hydrogen-bond donors (Lipinski definition) is 1. The summed E-state index contributed by atoms with van der Waals surface area (Å²) in [5.41, 5.74) is 1.87. The molecule has 2 aromatic carbocycles. The van der Waals surface area contributed by atoms with Crippen LogP contribution in [0.1, 0.15) is 30.9 Å². The summed E-state index contributed by atoms with van der Waals surface area (Å²) in [6.07, 6.45) is 2.54. The lowest BCUT2D eigenvalue weighted by molar-refractivity contribution is -0.126. The minimum Gasteiger partial charge on any atom is -0.497 e. The van der Waals surface area contributed by atoms with Crippen LogP contribution in [0.15, 0.2) is 48.5 Å². The van der Waals surface area contributed by atoms with Crippen molar-refractivity contribution in [1.29, 1.82) is 0 Å². The Morgan fingerprint density at radius 1 is 1.06 bits per heavy atom. The SMILES string of the molecule is COc1ccc(N2CC(C(=O)NCC(c3ccccc3OC)N3CCCC3)CC2=O)cc1. The van der Waals surface area contributed by atoms with Crippen molar-refractivity contribution in [2.24, 2.45) is 5.92 Å². The molecule has 0 saturated carbocycles. The summed E-state index contributed by atoms with van der Waals surface area (Å²) in [5.74, 6) is 1.10.